The fourth-order valence-corrected chi connectivity index (χ4v) is 2.03. The van der Waals surface area contributed by atoms with Crippen molar-refractivity contribution >= 4 is 17.5 Å². The molecule has 0 saturated heterocycles. The summed E-state index contributed by atoms with van der Waals surface area (Å²) in [5.74, 6) is -0.366. The molecule has 0 fully saturated rings. The number of aryl methyl sites for hydroxylation is 1. The third kappa shape index (κ3) is 3.96. The van der Waals surface area contributed by atoms with Crippen LogP contribution >= 0.6 is 0 Å². The number of nitro groups is 1. The molecule has 0 bridgehead atoms. The van der Waals surface area contributed by atoms with Crippen molar-refractivity contribution in [2.24, 2.45) is 7.05 Å². The van der Waals surface area contributed by atoms with E-state index in [0.717, 1.165) is 6.07 Å². The Labute approximate surface area is 131 Å². The smallest absolute Gasteiger partial charge is 0.287 e. The normalized spacial score (nSPS) is 11.7. The van der Waals surface area contributed by atoms with Crippen LogP contribution in [0.2, 0.25) is 0 Å². The van der Waals surface area contributed by atoms with Crippen LogP contribution in [-0.4, -0.2) is 27.8 Å². The number of aromatic nitrogens is 1. The van der Waals surface area contributed by atoms with Crippen LogP contribution in [0.1, 0.15) is 29.2 Å². The second-order valence-electron chi connectivity index (χ2n) is 4.94. The third-order valence-electron chi connectivity index (χ3n) is 3.19. The van der Waals surface area contributed by atoms with E-state index in [1.54, 1.807) is 19.1 Å². The second-order valence-corrected chi connectivity index (χ2v) is 4.94. The Bertz CT molecular complexity index is 720. The average Bonchev–Trinajstić information content (AvgIpc) is 3.14. The molecule has 9 nitrogen and oxygen atoms in total. The summed E-state index contributed by atoms with van der Waals surface area (Å²) in [6.45, 7) is 1.50. The minimum atomic E-state index is -0.589. The van der Waals surface area contributed by atoms with Gasteiger partial charge in [-0.15, -0.1) is 0 Å². The van der Waals surface area contributed by atoms with E-state index >= 15 is 0 Å². The van der Waals surface area contributed by atoms with E-state index in [0.29, 0.717) is 5.76 Å². The zero-order chi connectivity index (χ0) is 17.0. The summed E-state index contributed by atoms with van der Waals surface area (Å²) in [6, 6.07) is 4.26. The van der Waals surface area contributed by atoms with Crippen LogP contribution < -0.4 is 10.6 Å². The molecule has 0 aliphatic heterocycles. The zero-order valence-corrected chi connectivity index (χ0v) is 12.6. The molecule has 9 heteroatoms. The van der Waals surface area contributed by atoms with Crippen molar-refractivity contribution in [3.8, 4) is 0 Å². The summed E-state index contributed by atoms with van der Waals surface area (Å²) < 4.78 is 6.49. The Hall–Kier alpha value is -3.10. The minimum absolute atomic E-state index is 0.101. The number of furan rings is 1. The summed E-state index contributed by atoms with van der Waals surface area (Å²) in [5, 5.41) is 15.8. The van der Waals surface area contributed by atoms with Crippen LogP contribution in [0.15, 0.2) is 35.1 Å². The number of amides is 2. The van der Waals surface area contributed by atoms with E-state index in [1.807, 2.05) is 0 Å². The van der Waals surface area contributed by atoms with Gasteiger partial charge in [-0.25, -0.2) is 0 Å². The standard InChI is InChI=1S/C14H16N4O5/c1-9(12-4-3-5-23-12)16-13(19)7-15-14(20)11-6-10(18(21)22)8-17(11)2/h3-6,8-9H,7H2,1-2H3,(H,15,20)(H,16,19)/t9-/m1/s1. The van der Waals surface area contributed by atoms with E-state index in [9.17, 15) is 19.7 Å². The van der Waals surface area contributed by atoms with Crippen LogP contribution in [0.5, 0.6) is 0 Å². The maximum atomic E-state index is 12.0. The molecule has 2 aromatic rings. The first-order valence-corrected chi connectivity index (χ1v) is 6.80. The molecule has 0 unspecified atom stereocenters. The molecule has 122 valence electrons. The molecule has 0 aliphatic rings. The van der Waals surface area contributed by atoms with Crippen LogP contribution in [0.3, 0.4) is 0 Å². The van der Waals surface area contributed by atoms with Crippen molar-refractivity contribution in [3.63, 3.8) is 0 Å². The van der Waals surface area contributed by atoms with Gasteiger partial charge in [-0.1, -0.05) is 0 Å². The monoisotopic (exact) mass is 320 g/mol. The first-order chi connectivity index (χ1) is 10.9. The summed E-state index contributed by atoms with van der Waals surface area (Å²) in [4.78, 5) is 33.9. The first-order valence-electron chi connectivity index (χ1n) is 6.80. The van der Waals surface area contributed by atoms with Crippen LogP contribution in [0.25, 0.3) is 0 Å². The van der Waals surface area contributed by atoms with Gasteiger partial charge in [0.2, 0.25) is 5.91 Å². The molecule has 0 spiro atoms. The predicted octanol–water partition coefficient (Wildman–Crippen LogP) is 1.13. The lowest BCUT2D eigenvalue weighted by Gasteiger charge is -2.12. The van der Waals surface area contributed by atoms with E-state index in [1.165, 1.54) is 24.1 Å². The van der Waals surface area contributed by atoms with E-state index in [-0.39, 0.29) is 24.0 Å². The molecule has 23 heavy (non-hydrogen) atoms. The van der Waals surface area contributed by atoms with Crippen molar-refractivity contribution in [1.29, 1.82) is 0 Å². The highest BCUT2D eigenvalue weighted by Gasteiger charge is 2.18. The molecule has 2 heterocycles. The van der Waals surface area contributed by atoms with Gasteiger partial charge < -0.3 is 19.6 Å². The van der Waals surface area contributed by atoms with Gasteiger partial charge in [0.05, 0.1) is 30.0 Å². The van der Waals surface area contributed by atoms with Crippen LogP contribution in [0, 0.1) is 10.1 Å². The van der Waals surface area contributed by atoms with Crippen molar-refractivity contribution in [2.45, 2.75) is 13.0 Å². The number of hydrogen-bond donors (Lipinski definition) is 2. The zero-order valence-electron chi connectivity index (χ0n) is 12.6. The molecule has 0 radical (unpaired) electrons. The summed E-state index contributed by atoms with van der Waals surface area (Å²) >= 11 is 0. The minimum Gasteiger partial charge on any atom is -0.467 e. The van der Waals surface area contributed by atoms with Crippen molar-refractivity contribution < 1.29 is 18.9 Å². The maximum Gasteiger partial charge on any atom is 0.287 e. The average molecular weight is 320 g/mol. The lowest BCUT2D eigenvalue weighted by Crippen LogP contribution is -2.38. The van der Waals surface area contributed by atoms with Gasteiger partial charge in [0.25, 0.3) is 11.6 Å². The fraction of sp³-hybridized carbons (Fsp3) is 0.286. The van der Waals surface area contributed by atoms with E-state index < -0.39 is 16.7 Å². The molecular weight excluding hydrogens is 304 g/mol. The van der Waals surface area contributed by atoms with Crippen molar-refractivity contribution in [3.05, 3.63) is 52.2 Å². The lowest BCUT2D eigenvalue weighted by atomic mass is 10.2. The molecule has 2 amide bonds. The number of nitrogens with zero attached hydrogens (tertiary/aromatic N) is 2. The van der Waals surface area contributed by atoms with Gasteiger partial charge in [-0.05, 0) is 19.1 Å². The lowest BCUT2D eigenvalue weighted by molar-refractivity contribution is -0.384. The van der Waals surface area contributed by atoms with E-state index in [4.69, 9.17) is 4.42 Å². The third-order valence-corrected chi connectivity index (χ3v) is 3.19. The fourth-order valence-electron chi connectivity index (χ4n) is 2.03. The van der Waals surface area contributed by atoms with Crippen LogP contribution in [0.4, 0.5) is 5.69 Å². The SMILES string of the molecule is C[C@@H](NC(=O)CNC(=O)c1cc([N+](=O)[O-])cn1C)c1ccco1. The molecule has 0 aliphatic carbocycles. The molecule has 1 atom stereocenters. The highest BCUT2D eigenvalue weighted by Crippen LogP contribution is 2.15. The second kappa shape index (κ2) is 6.77. The Morgan fingerprint density at radius 1 is 1.48 bits per heavy atom. The highest BCUT2D eigenvalue weighted by molar-refractivity contribution is 5.95. The summed E-state index contributed by atoms with van der Waals surface area (Å²) in [5.41, 5.74) is -0.0860. The van der Waals surface area contributed by atoms with Crippen molar-refractivity contribution in [2.75, 3.05) is 6.54 Å². The summed E-state index contributed by atoms with van der Waals surface area (Å²) in [7, 11) is 1.51. The highest BCUT2D eigenvalue weighted by atomic mass is 16.6. The van der Waals surface area contributed by atoms with Crippen LogP contribution in [-0.2, 0) is 11.8 Å². The topological polar surface area (TPSA) is 119 Å². The number of rotatable bonds is 6. The van der Waals surface area contributed by atoms with Gasteiger partial charge in [-0.3, -0.25) is 19.7 Å². The number of nitrogens with one attached hydrogen (secondary N) is 2. The Kier molecular flexibility index (Phi) is 4.79. The molecule has 2 rings (SSSR count). The van der Waals surface area contributed by atoms with Gasteiger partial charge in [0.15, 0.2) is 0 Å². The van der Waals surface area contributed by atoms with E-state index in [2.05, 4.69) is 10.6 Å². The Balaban J connectivity index is 1.89. The predicted molar refractivity (Wildman–Crippen MR) is 79.7 cm³/mol. The van der Waals surface area contributed by atoms with Gasteiger partial charge in [0, 0.05) is 13.1 Å². The largest absolute Gasteiger partial charge is 0.467 e. The molecule has 0 saturated carbocycles. The summed E-state index contributed by atoms with van der Waals surface area (Å²) in [6.07, 6.45) is 2.73. The molecular formula is C14H16N4O5. The molecule has 2 aromatic heterocycles. The van der Waals surface area contributed by atoms with Crippen molar-refractivity contribution in [1.82, 2.24) is 15.2 Å². The first kappa shape index (κ1) is 16.3. The maximum absolute atomic E-state index is 12.0. The molecule has 0 aromatic carbocycles. The van der Waals surface area contributed by atoms with Gasteiger partial charge >= 0.3 is 0 Å². The number of carbonyl (C=O) groups is 2. The molecule has 2 N–H and O–H groups in total. The Morgan fingerprint density at radius 2 is 2.22 bits per heavy atom. The Morgan fingerprint density at radius 3 is 2.78 bits per heavy atom. The number of carbonyl (C=O) groups excluding carboxylic acids is 2. The van der Waals surface area contributed by atoms with Gasteiger partial charge in [0.1, 0.15) is 11.5 Å². The van der Waals surface area contributed by atoms with Gasteiger partial charge in [-0.2, -0.15) is 0 Å². The quantitative estimate of drug-likeness (QED) is 0.611. The number of hydrogen-bond acceptors (Lipinski definition) is 5.